The van der Waals surface area contributed by atoms with E-state index in [1.54, 1.807) is 11.0 Å². The minimum Gasteiger partial charge on any atom is -0.484 e. The second kappa shape index (κ2) is 13.5. The third kappa shape index (κ3) is 7.86. The van der Waals surface area contributed by atoms with Crippen LogP contribution in [0.1, 0.15) is 36.5 Å². The number of carbonyl (C=O) groups excluding carboxylic acids is 2. The molecule has 1 N–H and O–H groups in total. The van der Waals surface area contributed by atoms with Gasteiger partial charge in [-0.1, -0.05) is 91.7 Å². The molecule has 3 aromatic carbocycles. The fourth-order valence-electron chi connectivity index (χ4n) is 3.81. The number of halogens is 1. The van der Waals surface area contributed by atoms with Crippen molar-refractivity contribution in [2.24, 2.45) is 0 Å². The number of rotatable bonds is 12. The Balaban J connectivity index is 1.90. The first-order valence-corrected chi connectivity index (χ1v) is 12.4. The zero-order valence-electron chi connectivity index (χ0n) is 20.4. The highest BCUT2D eigenvalue weighted by Gasteiger charge is 2.31. The largest absolute Gasteiger partial charge is 0.484 e. The van der Waals surface area contributed by atoms with Crippen LogP contribution in [0.3, 0.4) is 0 Å². The first kappa shape index (κ1) is 26.3. The number of hydrogen-bond acceptors (Lipinski definition) is 3. The van der Waals surface area contributed by atoms with E-state index in [0.717, 1.165) is 29.5 Å². The van der Waals surface area contributed by atoms with Crippen LogP contribution >= 0.6 is 11.6 Å². The summed E-state index contributed by atoms with van der Waals surface area (Å²) in [4.78, 5) is 28.6. The van der Waals surface area contributed by atoms with E-state index in [2.05, 4.69) is 12.2 Å². The van der Waals surface area contributed by atoms with Gasteiger partial charge in [-0.15, -0.1) is 0 Å². The van der Waals surface area contributed by atoms with Crippen LogP contribution in [0.5, 0.6) is 5.75 Å². The van der Waals surface area contributed by atoms with Crippen LogP contribution in [-0.2, 0) is 22.6 Å². The third-order valence-electron chi connectivity index (χ3n) is 5.84. The van der Waals surface area contributed by atoms with Crippen molar-refractivity contribution >= 4 is 23.4 Å². The van der Waals surface area contributed by atoms with Crippen molar-refractivity contribution in [2.45, 2.75) is 45.7 Å². The highest BCUT2D eigenvalue weighted by Crippen LogP contribution is 2.21. The maximum Gasteiger partial charge on any atom is 0.261 e. The summed E-state index contributed by atoms with van der Waals surface area (Å²) in [6, 6.07) is 24.0. The summed E-state index contributed by atoms with van der Waals surface area (Å²) in [7, 11) is 0. The molecule has 0 heterocycles. The van der Waals surface area contributed by atoms with Gasteiger partial charge < -0.3 is 15.0 Å². The van der Waals surface area contributed by atoms with Gasteiger partial charge in [0.25, 0.3) is 5.91 Å². The van der Waals surface area contributed by atoms with Crippen molar-refractivity contribution in [1.82, 2.24) is 10.2 Å². The van der Waals surface area contributed by atoms with Crippen LogP contribution in [0.25, 0.3) is 0 Å². The Bertz CT molecular complexity index is 1100. The Labute approximate surface area is 213 Å². The van der Waals surface area contributed by atoms with Gasteiger partial charge in [-0.3, -0.25) is 9.59 Å². The number of nitrogens with one attached hydrogen (secondary N) is 1. The highest BCUT2D eigenvalue weighted by molar-refractivity contribution is 6.31. The molecule has 2 amide bonds. The molecule has 0 aromatic heterocycles. The molecule has 0 aliphatic rings. The van der Waals surface area contributed by atoms with Gasteiger partial charge in [0.2, 0.25) is 5.91 Å². The third-order valence-corrected chi connectivity index (χ3v) is 6.21. The average Bonchev–Trinajstić information content (AvgIpc) is 2.87. The van der Waals surface area contributed by atoms with E-state index in [-0.39, 0.29) is 25.0 Å². The van der Waals surface area contributed by atoms with Gasteiger partial charge in [-0.25, -0.2) is 0 Å². The lowest BCUT2D eigenvalue weighted by Crippen LogP contribution is -2.51. The summed E-state index contributed by atoms with van der Waals surface area (Å²) >= 11 is 6.44. The Morgan fingerprint density at radius 2 is 1.66 bits per heavy atom. The summed E-state index contributed by atoms with van der Waals surface area (Å²) in [5.41, 5.74) is 2.69. The van der Waals surface area contributed by atoms with E-state index in [1.165, 1.54) is 0 Å². The van der Waals surface area contributed by atoms with E-state index in [9.17, 15) is 9.59 Å². The van der Waals surface area contributed by atoms with E-state index >= 15 is 0 Å². The number of aryl methyl sites for hydroxylation is 1. The molecule has 0 aliphatic heterocycles. The van der Waals surface area contributed by atoms with Gasteiger partial charge in [-0.2, -0.15) is 0 Å². The monoisotopic (exact) mass is 492 g/mol. The van der Waals surface area contributed by atoms with E-state index < -0.39 is 6.04 Å². The predicted molar refractivity (Wildman–Crippen MR) is 141 cm³/mol. The lowest BCUT2D eigenvalue weighted by atomic mass is 10.0. The number of para-hydroxylation sites is 1. The lowest BCUT2D eigenvalue weighted by Gasteiger charge is -2.31. The fourth-order valence-corrected chi connectivity index (χ4v) is 4.01. The minimum atomic E-state index is -0.710. The fraction of sp³-hybridized carbons (Fsp3) is 0.310. The van der Waals surface area contributed by atoms with Crippen LogP contribution < -0.4 is 10.1 Å². The number of hydrogen-bond donors (Lipinski definition) is 1. The van der Waals surface area contributed by atoms with E-state index in [1.807, 2.05) is 79.7 Å². The highest BCUT2D eigenvalue weighted by atomic mass is 35.5. The van der Waals surface area contributed by atoms with Crippen LogP contribution in [0.2, 0.25) is 5.02 Å². The van der Waals surface area contributed by atoms with Crippen molar-refractivity contribution in [3.8, 4) is 5.75 Å². The SMILES string of the molecule is CCCCNC(=O)[C@H](Cc1ccccc1)N(Cc1ccccc1Cl)C(=O)COc1ccccc1C. The van der Waals surface area contributed by atoms with Gasteiger partial charge in [0, 0.05) is 24.5 Å². The number of unbranched alkanes of at least 4 members (excludes halogenated alkanes) is 1. The Morgan fingerprint density at radius 1 is 0.971 bits per heavy atom. The molecule has 0 saturated heterocycles. The Morgan fingerprint density at radius 3 is 2.37 bits per heavy atom. The van der Waals surface area contributed by atoms with Gasteiger partial charge in [0.05, 0.1) is 0 Å². The molecule has 184 valence electrons. The molecule has 0 bridgehead atoms. The summed E-state index contributed by atoms with van der Waals surface area (Å²) in [6.45, 7) is 4.59. The predicted octanol–water partition coefficient (Wildman–Crippen LogP) is 5.58. The lowest BCUT2D eigenvalue weighted by molar-refractivity contribution is -0.142. The van der Waals surface area contributed by atoms with Gasteiger partial charge in [0.1, 0.15) is 11.8 Å². The molecule has 35 heavy (non-hydrogen) atoms. The summed E-state index contributed by atoms with van der Waals surface area (Å²) < 4.78 is 5.87. The number of carbonyl (C=O) groups is 2. The van der Waals surface area contributed by atoms with Crippen LogP contribution in [-0.4, -0.2) is 35.9 Å². The van der Waals surface area contributed by atoms with E-state index in [0.29, 0.717) is 23.7 Å². The molecule has 0 unspecified atom stereocenters. The Hall–Kier alpha value is -3.31. The first-order chi connectivity index (χ1) is 17.0. The quantitative estimate of drug-likeness (QED) is 0.335. The molecule has 0 aliphatic carbocycles. The molecule has 0 fully saturated rings. The second-order valence-corrected chi connectivity index (χ2v) is 8.92. The molecule has 3 aromatic rings. The number of nitrogens with zero attached hydrogens (tertiary/aromatic N) is 1. The van der Waals surface area contributed by atoms with Crippen LogP contribution in [0.4, 0.5) is 0 Å². The average molecular weight is 493 g/mol. The standard InChI is InChI=1S/C29H33ClN2O3/c1-3-4-18-31-29(34)26(19-23-13-6-5-7-14-23)32(20-24-15-9-10-16-25(24)30)28(33)21-35-27-17-11-8-12-22(27)2/h5-17,26H,3-4,18-21H2,1-2H3,(H,31,34)/t26-/m0/s1. The zero-order chi connectivity index (χ0) is 25.0. The normalized spacial score (nSPS) is 11.5. The summed E-state index contributed by atoms with van der Waals surface area (Å²) in [5.74, 6) is 0.184. The molecule has 0 saturated carbocycles. The van der Waals surface area contributed by atoms with E-state index in [4.69, 9.17) is 16.3 Å². The minimum absolute atomic E-state index is 0.178. The van der Waals surface area contributed by atoms with Crippen molar-refractivity contribution in [1.29, 1.82) is 0 Å². The summed E-state index contributed by atoms with van der Waals surface area (Å²) in [6.07, 6.45) is 2.23. The van der Waals surface area contributed by atoms with Crippen LogP contribution in [0.15, 0.2) is 78.9 Å². The van der Waals surface area contributed by atoms with Crippen LogP contribution in [0, 0.1) is 6.92 Å². The molecule has 5 nitrogen and oxygen atoms in total. The van der Waals surface area contributed by atoms with Gasteiger partial charge in [0.15, 0.2) is 6.61 Å². The number of ether oxygens (including phenoxy) is 1. The topological polar surface area (TPSA) is 58.6 Å². The van der Waals surface area contributed by atoms with Crippen molar-refractivity contribution in [3.05, 3.63) is 101 Å². The van der Waals surface area contributed by atoms with Crippen molar-refractivity contribution in [2.75, 3.05) is 13.2 Å². The molecule has 0 radical (unpaired) electrons. The van der Waals surface area contributed by atoms with Gasteiger partial charge >= 0.3 is 0 Å². The van der Waals surface area contributed by atoms with Crippen molar-refractivity contribution in [3.63, 3.8) is 0 Å². The molecule has 1 atom stereocenters. The molecule has 6 heteroatoms. The molecule has 0 spiro atoms. The maximum absolute atomic E-state index is 13.6. The van der Waals surface area contributed by atoms with Gasteiger partial charge in [-0.05, 0) is 42.2 Å². The Kier molecular flexibility index (Phi) is 10.2. The maximum atomic E-state index is 13.6. The molecule has 3 rings (SSSR count). The number of benzene rings is 3. The second-order valence-electron chi connectivity index (χ2n) is 8.52. The molecular formula is C29H33ClN2O3. The first-order valence-electron chi connectivity index (χ1n) is 12.0. The smallest absolute Gasteiger partial charge is 0.261 e. The molecular weight excluding hydrogens is 460 g/mol. The zero-order valence-corrected chi connectivity index (χ0v) is 21.1. The summed E-state index contributed by atoms with van der Waals surface area (Å²) in [5, 5.41) is 3.57. The number of amides is 2. The van der Waals surface area contributed by atoms with Crippen molar-refractivity contribution < 1.29 is 14.3 Å².